The molecule has 0 heterocycles. The van der Waals surface area contributed by atoms with Crippen LogP contribution in [-0.2, 0) is 23.9 Å². The first kappa shape index (κ1) is 22.3. The third-order valence-electron chi connectivity index (χ3n) is 6.21. The number of hydrogen-bond donors (Lipinski definition) is 1. The van der Waals surface area contributed by atoms with Crippen LogP contribution in [0.15, 0.2) is 23.3 Å². The SMILES string of the molecule is CC=C(C)C(=O)OC1CCC2(C)CC(=O)C(C(C)(C)O)=CC2C1(C)OC(C)=O. The monoisotopic (exact) mass is 392 g/mol. The van der Waals surface area contributed by atoms with Gasteiger partial charge in [-0.3, -0.25) is 9.59 Å². The zero-order chi connectivity index (χ0) is 21.5. The van der Waals surface area contributed by atoms with Gasteiger partial charge in [0.2, 0.25) is 0 Å². The Morgan fingerprint density at radius 2 is 1.89 bits per heavy atom. The maximum absolute atomic E-state index is 12.7. The molecule has 2 aliphatic rings. The average molecular weight is 392 g/mol. The highest BCUT2D eigenvalue weighted by Gasteiger charge is 2.59. The number of carbonyl (C=O) groups is 3. The second-order valence-electron chi connectivity index (χ2n) is 9.05. The fraction of sp³-hybridized carbons (Fsp3) is 0.682. The van der Waals surface area contributed by atoms with Crippen molar-refractivity contribution in [2.45, 2.75) is 85.0 Å². The number of ether oxygens (including phenoxy) is 2. The summed E-state index contributed by atoms with van der Waals surface area (Å²) in [5.74, 6) is -1.41. The second-order valence-corrected chi connectivity index (χ2v) is 9.05. The first-order valence-corrected chi connectivity index (χ1v) is 9.76. The first-order chi connectivity index (χ1) is 12.7. The molecule has 28 heavy (non-hydrogen) atoms. The molecular weight excluding hydrogens is 360 g/mol. The molecule has 0 aromatic rings. The van der Waals surface area contributed by atoms with E-state index >= 15 is 0 Å². The average Bonchev–Trinajstić information content (AvgIpc) is 2.54. The summed E-state index contributed by atoms with van der Waals surface area (Å²) in [6.07, 6.45) is 4.13. The topological polar surface area (TPSA) is 89.9 Å². The van der Waals surface area contributed by atoms with E-state index in [0.29, 0.717) is 24.0 Å². The highest BCUT2D eigenvalue weighted by molar-refractivity contribution is 5.98. The second kappa shape index (κ2) is 7.47. The zero-order valence-electron chi connectivity index (χ0n) is 17.9. The molecule has 0 aromatic carbocycles. The Balaban J connectivity index is 2.55. The molecule has 0 amide bonds. The minimum atomic E-state index is -1.30. The molecule has 6 nitrogen and oxygen atoms in total. The summed E-state index contributed by atoms with van der Waals surface area (Å²) in [7, 11) is 0. The van der Waals surface area contributed by atoms with Gasteiger partial charge >= 0.3 is 11.9 Å². The zero-order valence-corrected chi connectivity index (χ0v) is 17.9. The number of aliphatic hydroxyl groups is 1. The summed E-state index contributed by atoms with van der Waals surface area (Å²) >= 11 is 0. The number of fused-ring (bicyclic) bond motifs is 1. The van der Waals surface area contributed by atoms with Crippen LogP contribution in [0.1, 0.15) is 67.7 Å². The highest BCUT2D eigenvalue weighted by atomic mass is 16.6. The minimum absolute atomic E-state index is 0.100. The summed E-state index contributed by atoms with van der Waals surface area (Å²) in [6.45, 7) is 11.6. The number of Topliss-reactive ketones (excluding diaryl/α,β-unsaturated/α-hetero) is 1. The molecule has 1 fully saturated rings. The lowest BCUT2D eigenvalue weighted by atomic mass is 9.54. The Morgan fingerprint density at radius 3 is 2.39 bits per heavy atom. The smallest absolute Gasteiger partial charge is 0.333 e. The summed E-state index contributed by atoms with van der Waals surface area (Å²) in [5.41, 5.74) is -2.11. The van der Waals surface area contributed by atoms with Gasteiger partial charge in [0.1, 0.15) is 6.10 Å². The van der Waals surface area contributed by atoms with Crippen LogP contribution in [0, 0.1) is 11.3 Å². The van der Waals surface area contributed by atoms with E-state index in [9.17, 15) is 19.5 Å². The Bertz CT molecular complexity index is 741. The number of ketones is 1. The number of esters is 2. The summed E-state index contributed by atoms with van der Waals surface area (Å²) in [6, 6.07) is 0. The standard InChI is InChI=1S/C22H32O6/c1-8-13(2)19(25)27-18-9-10-21(6)12-16(24)15(20(4,5)26)11-17(21)22(18,7)28-14(3)23/h8,11,17-18,26H,9-10,12H2,1-7H3. The minimum Gasteiger partial charge on any atom is -0.455 e. The predicted octanol–water partition coefficient (Wildman–Crippen LogP) is 3.27. The van der Waals surface area contributed by atoms with Crippen LogP contribution in [0.4, 0.5) is 0 Å². The number of rotatable bonds is 4. The van der Waals surface area contributed by atoms with Crippen molar-refractivity contribution >= 4 is 17.7 Å². The molecule has 0 bridgehead atoms. The van der Waals surface area contributed by atoms with Gasteiger partial charge in [-0.15, -0.1) is 0 Å². The predicted molar refractivity (Wildman–Crippen MR) is 104 cm³/mol. The van der Waals surface area contributed by atoms with Gasteiger partial charge in [-0.05, 0) is 52.9 Å². The van der Waals surface area contributed by atoms with Crippen LogP contribution in [-0.4, -0.2) is 40.1 Å². The van der Waals surface area contributed by atoms with E-state index in [1.165, 1.54) is 6.92 Å². The highest BCUT2D eigenvalue weighted by Crippen LogP contribution is 2.55. The van der Waals surface area contributed by atoms with E-state index in [1.807, 2.05) is 6.92 Å². The largest absolute Gasteiger partial charge is 0.455 e. The van der Waals surface area contributed by atoms with Crippen LogP contribution >= 0.6 is 0 Å². The number of carbonyl (C=O) groups excluding carboxylic acids is 3. The number of hydrogen-bond acceptors (Lipinski definition) is 6. The van der Waals surface area contributed by atoms with Crippen LogP contribution in [0.2, 0.25) is 0 Å². The molecule has 0 radical (unpaired) electrons. The first-order valence-electron chi connectivity index (χ1n) is 9.76. The maximum atomic E-state index is 12.7. The molecule has 0 spiro atoms. The van der Waals surface area contributed by atoms with Gasteiger partial charge in [-0.25, -0.2) is 4.79 Å². The molecule has 4 atom stereocenters. The molecule has 156 valence electrons. The van der Waals surface area contributed by atoms with Gasteiger partial charge < -0.3 is 14.6 Å². The van der Waals surface area contributed by atoms with Gasteiger partial charge in [0.15, 0.2) is 11.4 Å². The number of allylic oxidation sites excluding steroid dienone is 1. The fourth-order valence-corrected chi connectivity index (χ4v) is 4.58. The molecule has 1 N–H and O–H groups in total. The quantitative estimate of drug-likeness (QED) is 0.583. The lowest BCUT2D eigenvalue weighted by molar-refractivity contribution is -0.208. The fourth-order valence-electron chi connectivity index (χ4n) is 4.58. The van der Waals surface area contributed by atoms with Crippen LogP contribution in [0.25, 0.3) is 0 Å². The molecule has 2 aliphatic carbocycles. The van der Waals surface area contributed by atoms with Gasteiger partial charge in [0.05, 0.1) is 5.60 Å². The molecule has 0 aromatic heterocycles. The van der Waals surface area contributed by atoms with E-state index < -0.39 is 34.7 Å². The Morgan fingerprint density at radius 1 is 1.29 bits per heavy atom. The summed E-state index contributed by atoms with van der Waals surface area (Å²) < 4.78 is 11.5. The van der Waals surface area contributed by atoms with E-state index in [4.69, 9.17) is 9.47 Å². The molecule has 4 unspecified atom stereocenters. The molecule has 1 saturated carbocycles. The third-order valence-corrected chi connectivity index (χ3v) is 6.21. The summed E-state index contributed by atoms with van der Waals surface area (Å²) in [5, 5.41) is 10.5. The van der Waals surface area contributed by atoms with Crippen molar-refractivity contribution in [2.75, 3.05) is 0 Å². The lowest BCUT2D eigenvalue weighted by Gasteiger charge is -2.55. The Kier molecular flexibility index (Phi) is 5.96. The van der Waals surface area contributed by atoms with E-state index in [-0.39, 0.29) is 18.1 Å². The van der Waals surface area contributed by atoms with E-state index in [1.54, 1.807) is 46.8 Å². The van der Waals surface area contributed by atoms with Crippen molar-refractivity contribution in [1.29, 1.82) is 0 Å². The van der Waals surface area contributed by atoms with E-state index in [0.717, 1.165) is 0 Å². The van der Waals surface area contributed by atoms with Gasteiger partial charge in [0, 0.05) is 30.4 Å². The molecular formula is C22H32O6. The van der Waals surface area contributed by atoms with Crippen LogP contribution in [0.3, 0.4) is 0 Å². The molecule has 0 aliphatic heterocycles. The van der Waals surface area contributed by atoms with Gasteiger partial charge in [0.25, 0.3) is 0 Å². The molecule has 2 rings (SSSR count). The normalized spacial score (nSPS) is 33.6. The summed E-state index contributed by atoms with van der Waals surface area (Å²) in [4.78, 5) is 37.0. The van der Waals surface area contributed by atoms with Crippen molar-refractivity contribution in [3.8, 4) is 0 Å². The van der Waals surface area contributed by atoms with Crippen LogP contribution in [0.5, 0.6) is 0 Å². The van der Waals surface area contributed by atoms with Crippen LogP contribution < -0.4 is 0 Å². The molecule has 6 heteroatoms. The van der Waals surface area contributed by atoms with Gasteiger partial charge in [-0.2, -0.15) is 0 Å². The van der Waals surface area contributed by atoms with E-state index in [2.05, 4.69) is 0 Å². The maximum Gasteiger partial charge on any atom is 0.333 e. The Labute approximate surface area is 167 Å². The van der Waals surface area contributed by atoms with Crippen molar-refractivity contribution in [3.63, 3.8) is 0 Å². The Hall–Kier alpha value is -1.95. The third kappa shape index (κ3) is 4.07. The van der Waals surface area contributed by atoms with Crippen molar-refractivity contribution < 1.29 is 29.0 Å². The van der Waals surface area contributed by atoms with Crippen molar-refractivity contribution in [3.05, 3.63) is 23.3 Å². The van der Waals surface area contributed by atoms with Gasteiger partial charge in [-0.1, -0.05) is 19.1 Å². The van der Waals surface area contributed by atoms with Crippen molar-refractivity contribution in [1.82, 2.24) is 0 Å². The molecule has 0 saturated heterocycles. The lowest BCUT2D eigenvalue weighted by Crippen LogP contribution is -2.61. The van der Waals surface area contributed by atoms with Crippen molar-refractivity contribution in [2.24, 2.45) is 11.3 Å².